The van der Waals surface area contributed by atoms with Crippen molar-refractivity contribution in [3.05, 3.63) is 95.1 Å². The first-order valence-electron chi connectivity index (χ1n) is 12.2. The van der Waals surface area contributed by atoms with E-state index in [0.29, 0.717) is 12.2 Å². The fraction of sp³-hybridized carbons (Fsp3) is 0.286. The van der Waals surface area contributed by atoms with Crippen molar-refractivity contribution in [3.8, 4) is 0 Å². The molecule has 0 fully saturated rings. The van der Waals surface area contributed by atoms with E-state index in [0.717, 1.165) is 43.2 Å². The second kappa shape index (κ2) is 10.1. The summed E-state index contributed by atoms with van der Waals surface area (Å²) in [5.74, 6) is -1.14. The average molecular weight is 505 g/mol. The first kappa shape index (κ1) is 24.1. The Morgan fingerprint density at radius 1 is 0.917 bits per heavy atom. The van der Waals surface area contributed by atoms with Crippen LogP contribution in [0.3, 0.4) is 0 Å². The third-order valence-electron chi connectivity index (χ3n) is 6.76. The van der Waals surface area contributed by atoms with Gasteiger partial charge < -0.3 is 10.1 Å². The molecule has 3 aromatic carbocycles. The number of aryl methyl sites for hydroxylation is 2. The van der Waals surface area contributed by atoms with Gasteiger partial charge in [-0.2, -0.15) is 0 Å². The lowest BCUT2D eigenvalue weighted by Gasteiger charge is -2.30. The van der Waals surface area contributed by atoms with Crippen molar-refractivity contribution in [2.24, 2.45) is 0 Å². The van der Waals surface area contributed by atoms with E-state index in [1.807, 2.05) is 36.4 Å². The molecule has 1 aliphatic carbocycles. The summed E-state index contributed by atoms with van der Waals surface area (Å²) in [5.41, 5.74) is 4.05. The van der Waals surface area contributed by atoms with Crippen LogP contribution in [0.1, 0.15) is 52.4 Å². The molecule has 186 valence electrons. The van der Waals surface area contributed by atoms with Crippen LogP contribution in [0.25, 0.3) is 0 Å². The van der Waals surface area contributed by atoms with Crippen molar-refractivity contribution < 1.29 is 22.7 Å². The first-order valence-corrected chi connectivity index (χ1v) is 13.6. The number of sulfonamides is 1. The summed E-state index contributed by atoms with van der Waals surface area (Å²) in [4.78, 5) is 25.2. The molecular weight excluding hydrogens is 476 g/mol. The number of ether oxygens (including phenoxy) is 1. The van der Waals surface area contributed by atoms with E-state index in [9.17, 15) is 18.0 Å². The number of para-hydroxylation sites is 1. The predicted molar refractivity (Wildman–Crippen MR) is 136 cm³/mol. The minimum absolute atomic E-state index is 0.0110. The lowest BCUT2D eigenvalue weighted by atomic mass is 9.88. The maximum absolute atomic E-state index is 13.4. The van der Waals surface area contributed by atoms with Crippen LogP contribution < -0.4 is 9.62 Å². The summed E-state index contributed by atoms with van der Waals surface area (Å²) >= 11 is 0. The normalized spacial score (nSPS) is 17.0. The van der Waals surface area contributed by atoms with E-state index in [1.165, 1.54) is 34.1 Å². The van der Waals surface area contributed by atoms with Gasteiger partial charge in [-0.15, -0.1) is 0 Å². The van der Waals surface area contributed by atoms with Crippen LogP contribution in [0.15, 0.2) is 77.7 Å². The fourth-order valence-corrected chi connectivity index (χ4v) is 6.60. The van der Waals surface area contributed by atoms with Crippen molar-refractivity contribution in [3.63, 3.8) is 0 Å². The molecular formula is C28H28N2O5S. The van der Waals surface area contributed by atoms with Gasteiger partial charge in [0.2, 0.25) is 0 Å². The molecule has 7 nitrogen and oxygen atoms in total. The Hall–Kier alpha value is -3.65. The molecule has 0 aromatic heterocycles. The van der Waals surface area contributed by atoms with Crippen LogP contribution in [0.4, 0.5) is 5.69 Å². The quantitative estimate of drug-likeness (QED) is 0.509. The number of benzene rings is 3. The number of hydrogen-bond acceptors (Lipinski definition) is 5. The Balaban J connectivity index is 1.25. The van der Waals surface area contributed by atoms with Crippen LogP contribution in [-0.2, 0) is 32.4 Å². The van der Waals surface area contributed by atoms with E-state index in [2.05, 4.69) is 11.4 Å². The van der Waals surface area contributed by atoms with E-state index in [1.54, 1.807) is 6.07 Å². The number of rotatable bonds is 6. The minimum atomic E-state index is -3.86. The molecule has 1 N–H and O–H groups in total. The van der Waals surface area contributed by atoms with Gasteiger partial charge in [-0.3, -0.25) is 9.10 Å². The van der Waals surface area contributed by atoms with Crippen LogP contribution in [0.2, 0.25) is 0 Å². The highest BCUT2D eigenvalue weighted by molar-refractivity contribution is 7.92. The monoisotopic (exact) mass is 504 g/mol. The highest BCUT2D eigenvalue weighted by Crippen LogP contribution is 2.32. The highest BCUT2D eigenvalue weighted by atomic mass is 32.2. The number of fused-ring (bicyclic) bond motifs is 2. The molecule has 1 amide bonds. The third-order valence-corrected chi connectivity index (χ3v) is 8.57. The predicted octanol–water partition coefficient (Wildman–Crippen LogP) is 4.18. The zero-order valence-corrected chi connectivity index (χ0v) is 20.7. The number of esters is 1. The molecule has 36 heavy (non-hydrogen) atoms. The Morgan fingerprint density at radius 2 is 1.67 bits per heavy atom. The van der Waals surface area contributed by atoms with Crippen LogP contribution in [0, 0.1) is 0 Å². The largest absolute Gasteiger partial charge is 0.452 e. The van der Waals surface area contributed by atoms with Gasteiger partial charge in [-0.05, 0) is 73.1 Å². The van der Waals surface area contributed by atoms with Crippen molar-refractivity contribution in [2.45, 2.75) is 43.0 Å². The molecule has 3 aromatic rings. The van der Waals surface area contributed by atoms with E-state index in [4.69, 9.17) is 4.74 Å². The molecule has 0 spiro atoms. The molecule has 0 bridgehead atoms. The van der Waals surface area contributed by atoms with Gasteiger partial charge in [0.25, 0.3) is 15.9 Å². The maximum atomic E-state index is 13.4. The lowest BCUT2D eigenvalue weighted by Crippen LogP contribution is -2.35. The van der Waals surface area contributed by atoms with Crippen molar-refractivity contribution in [2.75, 3.05) is 17.5 Å². The topological polar surface area (TPSA) is 92.8 Å². The Kier molecular flexibility index (Phi) is 6.78. The molecule has 0 radical (unpaired) electrons. The molecule has 0 saturated heterocycles. The smallest absolute Gasteiger partial charge is 0.338 e. The van der Waals surface area contributed by atoms with Gasteiger partial charge in [0, 0.05) is 6.54 Å². The molecule has 0 saturated carbocycles. The van der Waals surface area contributed by atoms with Gasteiger partial charge in [-0.25, -0.2) is 13.2 Å². The minimum Gasteiger partial charge on any atom is -0.452 e. The average Bonchev–Trinajstić information content (AvgIpc) is 2.91. The molecule has 1 atom stereocenters. The summed E-state index contributed by atoms with van der Waals surface area (Å²) in [5, 5.41) is 2.95. The molecule has 1 heterocycles. The van der Waals surface area contributed by atoms with Crippen molar-refractivity contribution >= 4 is 27.6 Å². The summed E-state index contributed by atoms with van der Waals surface area (Å²) in [6.07, 6.45) is 4.34. The summed E-state index contributed by atoms with van der Waals surface area (Å²) in [7, 11) is -3.86. The van der Waals surface area contributed by atoms with Crippen LogP contribution in [0.5, 0.6) is 0 Å². The summed E-state index contributed by atoms with van der Waals surface area (Å²) in [6, 6.07) is 21.1. The third kappa shape index (κ3) is 4.86. The second-order valence-electron chi connectivity index (χ2n) is 9.12. The lowest BCUT2D eigenvalue weighted by molar-refractivity contribution is -0.125. The zero-order valence-electron chi connectivity index (χ0n) is 19.9. The molecule has 8 heteroatoms. The number of hydrogen-bond donors (Lipinski definition) is 1. The van der Waals surface area contributed by atoms with Crippen LogP contribution >= 0.6 is 0 Å². The molecule has 1 aliphatic heterocycles. The fourth-order valence-electron chi connectivity index (χ4n) is 5.01. The zero-order chi connectivity index (χ0) is 25.1. The maximum Gasteiger partial charge on any atom is 0.338 e. The van der Waals surface area contributed by atoms with E-state index >= 15 is 0 Å². The molecule has 2 aliphatic rings. The van der Waals surface area contributed by atoms with Gasteiger partial charge in [0.05, 0.1) is 22.2 Å². The van der Waals surface area contributed by atoms with E-state index in [-0.39, 0.29) is 16.5 Å². The van der Waals surface area contributed by atoms with Gasteiger partial charge >= 0.3 is 5.97 Å². The number of carbonyl (C=O) groups excluding carboxylic acids is 2. The summed E-state index contributed by atoms with van der Waals surface area (Å²) in [6.45, 7) is -0.0630. The van der Waals surface area contributed by atoms with Crippen molar-refractivity contribution in [1.82, 2.24) is 5.32 Å². The Bertz CT molecular complexity index is 1400. The number of nitrogens with zero attached hydrogens (tertiary/aromatic N) is 1. The van der Waals surface area contributed by atoms with Gasteiger partial charge in [0.1, 0.15) is 0 Å². The van der Waals surface area contributed by atoms with Crippen molar-refractivity contribution in [1.29, 1.82) is 0 Å². The first-order chi connectivity index (χ1) is 17.4. The number of anilines is 1. The molecule has 5 rings (SSSR count). The van der Waals surface area contributed by atoms with E-state index < -0.39 is 28.5 Å². The standard InChI is InChI=1S/C28H28N2O5S/c31-27(29-25-15-6-10-20-8-1-3-14-24(20)25)19-35-28(32)22-11-5-13-23(18-22)36(33,34)30-17-7-12-21-9-2-4-16-26(21)30/h1-5,8-9,11,13-14,16,18,25H,6-7,10,12,15,17,19H2,(H,29,31). The second-order valence-corrected chi connectivity index (χ2v) is 11.0. The summed E-state index contributed by atoms with van der Waals surface area (Å²) < 4.78 is 33.5. The number of carbonyl (C=O) groups is 2. The number of amides is 1. The Morgan fingerprint density at radius 3 is 2.53 bits per heavy atom. The SMILES string of the molecule is O=C(COC(=O)c1cccc(S(=O)(=O)N2CCCc3ccccc32)c1)NC1CCCc2ccccc21. The van der Waals surface area contributed by atoms with Gasteiger partial charge in [0.15, 0.2) is 6.61 Å². The van der Waals surface area contributed by atoms with Gasteiger partial charge in [-0.1, -0.05) is 48.5 Å². The van der Waals surface area contributed by atoms with Crippen LogP contribution in [-0.4, -0.2) is 33.4 Å². The molecule has 1 unspecified atom stereocenters. The highest BCUT2D eigenvalue weighted by Gasteiger charge is 2.29. The Labute approximate surface area is 211 Å². The number of nitrogens with one attached hydrogen (secondary N) is 1.